The first-order valence-electron chi connectivity index (χ1n) is 9.95. The predicted molar refractivity (Wildman–Crippen MR) is 124 cm³/mol. The summed E-state index contributed by atoms with van der Waals surface area (Å²) in [5.41, 5.74) is 3.19. The minimum atomic E-state index is -3.48. The number of nitrogens with one attached hydrogen (secondary N) is 2. The van der Waals surface area contributed by atoms with Crippen molar-refractivity contribution in [3.05, 3.63) is 59.0 Å². The normalized spacial score (nSPS) is 15.0. The summed E-state index contributed by atoms with van der Waals surface area (Å²) in [4.78, 5) is 14.3. The zero-order valence-corrected chi connectivity index (χ0v) is 18.8. The molecule has 0 spiro atoms. The number of carbonyl (C=O) groups is 1. The molecule has 0 unspecified atom stereocenters. The van der Waals surface area contributed by atoms with Crippen molar-refractivity contribution < 1.29 is 18.3 Å². The molecule has 0 radical (unpaired) electrons. The van der Waals surface area contributed by atoms with E-state index in [-0.39, 0.29) is 24.2 Å². The lowest BCUT2D eigenvalue weighted by atomic mass is 10.00. The molecule has 2 aromatic carbocycles. The summed E-state index contributed by atoms with van der Waals surface area (Å²) in [6.07, 6.45) is 1.06. The van der Waals surface area contributed by atoms with E-state index in [1.807, 2.05) is 31.2 Å². The SMILES string of the molecule is C=CS(=O)(=O)NC1CCN(C(=O)CNc2cc(-c3ccccc3C)c(Cl)cc2O)CC1. The topological polar surface area (TPSA) is 98.7 Å². The highest BCUT2D eigenvalue weighted by atomic mass is 35.5. The molecule has 166 valence electrons. The van der Waals surface area contributed by atoms with Gasteiger partial charge in [0.15, 0.2) is 0 Å². The molecular weight excluding hydrogens is 438 g/mol. The van der Waals surface area contributed by atoms with Crippen LogP contribution in [-0.2, 0) is 14.8 Å². The number of carbonyl (C=O) groups excluding carboxylic acids is 1. The van der Waals surface area contributed by atoms with E-state index in [2.05, 4.69) is 16.6 Å². The summed E-state index contributed by atoms with van der Waals surface area (Å²) in [5.74, 6) is -0.163. The largest absolute Gasteiger partial charge is 0.506 e. The van der Waals surface area contributed by atoms with Gasteiger partial charge >= 0.3 is 0 Å². The number of aromatic hydroxyl groups is 1. The fourth-order valence-electron chi connectivity index (χ4n) is 3.60. The Hall–Kier alpha value is -2.55. The zero-order valence-electron chi connectivity index (χ0n) is 17.3. The van der Waals surface area contributed by atoms with Crippen LogP contribution in [0.15, 0.2) is 48.4 Å². The number of anilines is 1. The molecule has 31 heavy (non-hydrogen) atoms. The van der Waals surface area contributed by atoms with Crippen LogP contribution in [0.4, 0.5) is 5.69 Å². The predicted octanol–water partition coefficient (Wildman–Crippen LogP) is 3.49. The van der Waals surface area contributed by atoms with Gasteiger partial charge in [0.05, 0.1) is 17.3 Å². The van der Waals surface area contributed by atoms with E-state index in [0.717, 1.165) is 22.1 Å². The Kier molecular flexibility index (Phi) is 7.25. The second-order valence-electron chi connectivity index (χ2n) is 7.50. The molecule has 7 nitrogen and oxygen atoms in total. The molecule has 3 rings (SSSR count). The van der Waals surface area contributed by atoms with Crippen LogP contribution in [0.5, 0.6) is 5.75 Å². The first-order chi connectivity index (χ1) is 14.7. The highest BCUT2D eigenvalue weighted by molar-refractivity contribution is 7.92. The number of sulfonamides is 1. The monoisotopic (exact) mass is 463 g/mol. The van der Waals surface area contributed by atoms with E-state index in [0.29, 0.717) is 36.6 Å². The Balaban J connectivity index is 1.63. The van der Waals surface area contributed by atoms with Crippen molar-refractivity contribution in [2.75, 3.05) is 25.0 Å². The van der Waals surface area contributed by atoms with Crippen molar-refractivity contribution in [3.63, 3.8) is 0 Å². The number of aryl methyl sites for hydroxylation is 1. The maximum atomic E-state index is 12.6. The number of hydrogen-bond donors (Lipinski definition) is 3. The highest BCUT2D eigenvalue weighted by Gasteiger charge is 2.25. The van der Waals surface area contributed by atoms with Gasteiger partial charge in [-0.15, -0.1) is 0 Å². The van der Waals surface area contributed by atoms with Crippen molar-refractivity contribution in [2.24, 2.45) is 0 Å². The van der Waals surface area contributed by atoms with Gasteiger partial charge < -0.3 is 15.3 Å². The van der Waals surface area contributed by atoms with Crippen LogP contribution in [0.2, 0.25) is 5.02 Å². The maximum absolute atomic E-state index is 12.6. The van der Waals surface area contributed by atoms with Crippen molar-refractivity contribution >= 4 is 33.2 Å². The van der Waals surface area contributed by atoms with E-state index in [9.17, 15) is 18.3 Å². The van der Waals surface area contributed by atoms with Crippen molar-refractivity contribution in [3.8, 4) is 16.9 Å². The molecular formula is C22H26ClN3O4S. The van der Waals surface area contributed by atoms with E-state index < -0.39 is 10.0 Å². The molecule has 0 bridgehead atoms. The van der Waals surface area contributed by atoms with Gasteiger partial charge in [-0.1, -0.05) is 42.4 Å². The summed E-state index contributed by atoms with van der Waals surface area (Å²) >= 11 is 6.34. The molecule has 1 heterocycles. The lowest BCUT2D eigenvalue weighted by Crippen LogP contribution is -2.47. The van der Waals surface area contributed by atoms with Crippen LogP contribution in [0.3, 0.4) is 0 Å². The van der Waals surface area contributed by atoms with Gasteiger partial charge in [-0.2, -0.15) is 0 Å². The number of halogens is 1. The molecule has 1 amide bonds. The van der Waals surface area contributed by atoms with Gasteiger partial charge in [0.25, 0.3) is 0 Å². The van der Waals surface area contributed by atoms with E-state index in [4.69, 9.17) is 11.6 Å². The number of piperidine rings is 1. The molecule has 1 saturated heterocycles. The molecule has 1 aliphatic rings. The van der Waals surface area contributed by atoms with Crippen LogP contribution in [-0.4, -0.2) is 50.0 Å². The molecule has 1 aliphatic heterocycles. The average Bonchev–Trinajstić information content (AvgIpc) is 2.74. The van der Waals surface area contributed by atoms with Crippen LogP contribution in [0, 0.1) is 6.92 Å². The zero-order chi connectivity index (χ0) is 22.6. The quantitative estimate of drug-likeness (QED) is 0.546. The number of phenols is 1. The summed E-state index contributed by atoms with van der Waals surface area (Å²) in [7, 11) is -3.48. The number of amides is 1. The number of hydrogen-bond acceptors (Lipinski definition) is 5. The van der Waals surface area contributed by atoms with Gasteiger partial charge in [0.2, 0.25) is 15.9 Å². The van der Waals surface area contributed by atoms with Crippen LogP contribution >= 0.6 is 11.6 Å². The Labute approximate surface area is 187 Å². The van der Waals surface area contributed by atoms with E-state index in [1.54, 1.807) is 11.0 Å². The van der Waals surface area contributed by atoms with Crippen LogP contribution in [0.1, 0.15) is 18.4 Å². The Bertz CT molecular complexity index is 1080. The average molecular weight is 464 g/mol. The molecule has 9 heteroatoms. The standard InChI is InChI=1S/C22H26ClN3O4S/c1-3-31(29,30)25-16-8-10-26(11-9-16)22(28)14-24-20-12-18(19(23)13-21(20)27)17-7-5-4-6-15(17)2/h3-7,12-13,16,24-25,27H,1,8-11,14H2,2H3. The van der Waals surface area contributed by atoms with Crippen LogP contribution < -0.4 is 10.0 Å². The van der Waals surface area contributed by atoms with E-state index in [1.165, 1.54) is 6.07 Å². The molecule has 0 saturated carbocycles. The molecule has 0 aliphatic carbocycles. The first-order valence-corrected chi connectivity index (χ1v) is 11.9. The number of rotatable bonds is 7. The van der Waals surface area contributed by atoms with Gasteiger partial charge in [0.1, 0.15) is 5.75 Å². The lowest BCUT2D eigenvalue weighted by Gasteiger charge is -2.32. The van der Waals surface area contributed by atoms with Crippen molar-refractivity contribution in [1.29, 1.82) is 0 Å². The summed E-state index contributed by atoms with van der Waals surface area (Å²) < 4.78 is 25.7. The van der Waals surface area contributed by atoms with Crippen LogP contribution in [0.25, 0.3) is 11.1 Å². The Morgan fingerprint density at radius 2 is 1.94 bits per heavy atom. The first kappa shape index (κ1) is 23.1. The smallest absolute Gasteiger partial charge is 0.241 e. The third-order valence-corrected chi connectivity index (χ3v) is 6.76. The number of nitrogens with zero attached hydrogens (tertiary/aromatic N) is 1. The van der Waals surface area contributed by atoms with Gasteiger partial charge in [0, 0.05) is 36.2 Å². The minimum Gasteiger partial charge on any atom is -0.506 e. The third kappa shape index (κ3) is 5.78. The van der Waals surface area contributed by atoms with Gasteiger partial charge in [-0.3, -0.25) is 4.79 Å². The number of benzene rings is 2. The molecule has 2 aromatic rings. The maximum Gasteiger partial charge on any atom is 0.241 e. The Morgan fingerprint density at radius 1 is 1.26 bits per heavy atom. The number of likely N-dealkylation sites (tertiary alicyclic amines) is 1. The second kappa shape index (κ2) is 9.72. The summed E-state index contributed by atoms with van der Waals surface area (Å²) in [6, 6.07) is 10.8. The fraction of sp³-hybridized carbons (Fsp3) is 0.318. The summed E-state index contributed by atoms with van der Waals surface area (Å²) in [5, 5.41) is 14.6. The lowest BCUT2D eigenvalue weighted by molar-refractivity contribution is -0.130. The third-order valence-electron chi connectivity index (χ3n) is 5.35. The highest BCUT2D eigenvalue weighted by Crippen LogP contribution is 2.37. The second-order valence-corrected chi connectivity index (χ2v) is 9.57. The molecule has 3 N–H and O–H groups in total. The van der Waals surface area contributed by atoms with Crippen molar-refractivity contribution in [2.45, 2.75) is 25.8 Å². The number of phenolic OH excluding ortho intramolecular Hbond substituents is 1. The van der Waals surface area contributed by atoms with Gasteiger partial charge in [-0.25, -0.2) is 13.1 Å². The van der Waals surface area contributed by atoms with E-state index >= 15 is 0 Å². The van der Waals surface area contributed by atoms with Crippen molar-refractivity contribution in [1.82, 2.24) is 9.62 Å². The molecule has 0 aromatic heterocycles. The summed E-state index contributed by atoms with van der Waals surface area (Å²) in [6.45, 7) is 6.17. The van der Waals surface area contributed by atoms with Gasteiger partial charge in [-0.05, 0) is 37.0 Å². The molecule has 1 fully saturated rings. The molecule has 0 atom stereocenters. The fourth-order valence-corrected chi connectivity index (χ4v) is 4.65. The Morgan fingerprint density at radius 3 is 2.58 bits per heavy atom. The minimum absolute atomic E-state index is 0.00541.